The molecule has 0 aliphatic carbocycles. The van der Waals surface area contributed by atoms with E-state index in [9.17, 15) is 10.1 Å². The molecule has 0 bridgehead atoms. The van der Waals surface area contributed by atoms with Gasteiger partial charge in [-0.1, -0.05) is 41.9 Å². The highest BCUT2D eigenvalue weighted by molar-refractivity contribution is 6.30. The van der Waals surface area contributed by atoms with E-state index in [1.165, 1.54) is 5.06 Å². The lowest BCUT2D eigenvalue weighted by Crippen LogP contribution is -2.53. The minimum atomic E-state index is -1.70. The Morgan fingerprint density at radius 3 is 2.67 bits per heavy atom. The summed E-state index contributed by atoms with van der Waals surface area (Å²) < 4.78 is 6.05. The van der Waals surface area contributed by atoms with Gasteiger partial charge in [-0.25, -0.2) is 4.84 Å². The van der Waals surface area contributed by atoms with E-state index in [1.807, 2.05) is 24.3 Å². The van der Waals surface area contributed by atoms with E-state index >= 15 is 0 Å². The number of para-hydroxylation sites is 1. The van der Waals surface area contributed by atoms with Crippen molar-refractivity contribution in [3.05, 3.63) is 74.8 Å². The van der Waals surface area contributed by atoms with Crippen molar-refractivity contribution >= 4 is 11.6 Å². The number of ether oxygens (including phenoxy) is 1. The molecule has 7 heteroatoms. The molecule has 2 aliphatic rings. The molecule has 3 atom stereocenters. The van der Waals surface area contributed by atoms with Crippen molar-refractivity contribution in [3.8, 4) is 5.75 Å². The van der Waals surface area contributed by atoms with Gasteiger partial charge in [0.1, 0.15) is 11.7 Å². The van der Waals surface area contributed by atoms with Crippen molar-refractivity contribution in [2.75, 3.05) is 13.6 Å². The fourth-order valence-corrected chi connectivity index (χ4v) is 3.70. The van der Waals surface area contributed by atoms with Crippen LogP contribution in [-0.4, -0.2) is 29.3 Å². The third kappa shape index (κ3) is 2.11. The van der Waals surface area contributed by atoms with Gasteiger partial charge in [-0.15, -0.1) is 0 Å². The average molecular weight is 347 g/mol. The van der Waals surface area contributed by atoms with Crippen molar-refractivity contribution in [2.45, 2.75) is 17.7 Å². The number of fused-ring (bicyclic) bond motifs is 3. The number of likely N-dealkylation sites (N-methyl/N-ethyl adjacent to an activating group) is 1. The van der Waals surface area contributed by atoms with Crippen LogP contribution in [0.3, 0.4) is 0 Å². The maximum absolute atomic E-state index is 12.1. The molecule has 2 aromatic rings. The Balaban J connectivity index is 1.92. The summed E-state index contributed by atoms with van der Waals surface area (Å²) in [5.74, 6) is 0.224. The van der Waals surface area contributed by atoms with Gasteiger partial charge in [0.05, 0.1) is 4.92 Å². The Morgan fingerprint density at radius 1 is 1.25 bits per heavy atom. The van der Waals surface area contributed by atoms with E-state index in [2.05, 4.69) is 0 Å². The van der Waals surface area contributed by atoms with Gasteiger partial charge in [-0.05, 0) is 18.2 Å². The van der Waals surface area contributed by atoms with Crippen LogP contribution in [0, 0.1) is 10.1 Å². The van der Waals surface area contributed by atoms with Gasteiger partial charge in [0, 0.05) is 29.7 Å². The molecule has 0 radical (unpaired) electrons. The molecule has 1 fully saturated rings. The maximum Gasteiger partial charge on any atom is 0.389 e. The van der Waals surface area contributed by atoms with Crippen LogP contribution in [0.5, 0.6) is 5.75 Å². The summed E-state index contributed by atoms with van der Waals surface area (Å²) in [4.78, 5) is 17.5. The molecule has 0 unspecified atom stereocenters. The van der Waals surface area contributed by atoms with Crippen LogP contribution in [0.2, 0.25) is 5.02 Å². The van der Waals surface area contributed by atoms with Gasteiger partial charge in [0.25, 0.3) is 0 Å². The average Bonchev–Trinajstić information content (AvgIpc) is 2.93. The molecule has 0 spiro atoms. The second-order valence-electron chi connectivity index (χ2n) is 6.05. The van der Waals surface area contributed by atoms with Crippen molar-refractivity contribution < 1.29 is 14.5 Å². The van der Waals surface area contributed by atoms with Crippen LogP contribution in [0.15, 0.2) is 48.5 Å². The summed E-state index contributed by atoms with van der Waals surface area (Å²) in [5, 5.41) is 14.2. The first-order valence-electron chi connectivity index (χ1n) is 7.58. The lowest BCUT2D eigenvalue weighted by atomic mass is 9.80. The Morgan fingerprint density at radius 2 is 1.96 bits per heavy atom. The minimum absolute atomic E-state index is 0.365. The Hall–Kier alpha value is -2.15. The van der Waals surface area contributed by atoms with Gasteiger partial charge < -0.3 is 4.74 Å². The molecule has 1 saturated heterocycles. The summed E-state index contributed by atoms with van der Waals surface area (Å²) in [5.41, 5.74) is -0.244. The zero-order chi connectivity index (χ0) is 16.9. The van der Waals surface area contributed by atoms with Gasteiger partial charge in [0.2, 0.25) is 6.10 Å². The normalized spacial score (nSPS) is 28.8. The number of hydrogen-bond donors (Lipinski definition) is 0. The van der Waals surface area contributed by atoms with Crippen molar-refractivity contribution in [1.82, 2.24) is 5.06 Å². The quantitative estimate of drug-likeness (QED) is 0.616. The van der Waals surface area contributed by atoms with E-state index in [1.54, 1.807) is 31.3 Å². The number of rotatable bonds is 2. The molecule has 6 nitrogen and oxygen atoms in total. The lowest BCUT2D eigenvalue weighted by molar-refractivity contribution is -0.655. The van der Waals surface area contributed by atoms with Crippen LogP contribution < -0.4 is 4.74 Å². The fraction of sp³-hybridized carbons (Fsp3) is 0.294. The van der Waals surface area contributed by atoms with Crippen molar-refractivity contribution in [1.29, 1.82) is 0 Å². The third-order valence-corrected chi connectivity index (χ3v) is 4.87. The number of nitrogens with zero attached hydrogens (tertiary/aromatic N) is 2. The molecule has 0 amide bonds. The molecule has 0 saturated carbocycles. The summed E-state index contributed by atoms with van der Waals surface area (Å²) >= 11 is 5.95. The molecule has 0 aromatic heterocycles. The highest BCUT2D eigenvalue weighted by atomic mass is 35.5. The minimum Gasteiger partial charge on any atom is -0.475 e. The molecular formula is C17H15ClN2O4. The predicted octanol–water partition coefficient (Wildman–Crippen LogP) is 3.41. The van der Waals surface area contributed by atoms with E-state index < -0.39 is 17.7 Å². The Bertz CT molecular complexity index is 797. The number of hydroxylamine groups is 2. The first-order chi connectivity index (χ1) is 11.5. The number of halogens is 1. The molecule has 4 rings (SSSR count). The highest BCUT2D eigenvalue weighted by Crippen LogP contribution is 2.54. The van der Waals surface area contributed by atoms with Gasteiger partial charge in [-0.3, -0.25) is 10.1 Å². The Labute approximate surface area is 143 Å². The summed E-state index contributed by atoms with van der Waals surface area (Å²) in [7, 11) is 1.70. The van der Waals surface area contributed by atoms with Crippen molar-refractivity contribution in [2.24, 2.45) is 0 Å². The van der Waals surface area contributed by atoms with Gasteiger partial charge in [0.15, 0.2) is 0 Å². The molecule has 2 heterocycles. The SMILES string of the molecule is CN1C[C@@H]2c3ccccc3O[C@@H](c3ccc(Cl)cc3)[C@@]2([N+](=O)[O-])O1. The summed E-state index contributed by atoms with van der Waals surface area (Å²) in [6.45, 7) is 0.422. The van der Waals surface area contributed by atoms with Gasteiger partial charge >= 0.3 is 5.72 Å². The van der Waals surface area contributed by atoms with E-state index in [0.717, 1.165) is 5.56 Å². The number of nitro groups is 1. The zero-order valence-corrected chi connectivity index (χ0v) is 13.6. The highest BCUT2D eigenvalue weighted by Gasteiger charge is 2.68. The number of hydrogen-bond acceptors (Lipinski definition) is 5. The van der Waals surface area contributed by atoms with E-state index in [4.69, 9.17) is 21.2 Å². The standard InChI is InChI=1S/C17H15ClN2O4/c1-19-10-14-13-4-2-3-5-15(13)23-16(17(14,24-19)20(21)22)11-6-8-12(18)9-7-11/h2-9,14,16H,10H2,1H3/t14-,16+,17+/m1/s1. The van der Waals surface area contributed by atoms with E-state index in [-0.39, 0.29) is 4.92 Å². The smallest absolute Gasteiger partial charge is 0.389 e. The Kier molecular flexibility index (Phi) is 3.49. The monoisotopic (exact) mass is 346 g/mol. The second-order valence-corrected chi connectivity index (χ2v) is 6.49. The largest absolute Gasteiger partial charge is 0.475 e. The first kappa shape index (κ1) is 15.4. The fourth-order valence-electron chi connectivity index (χ4n) is 3.58. The van der Waals surface area contributed by atoms with E-state index in [0.29, 0.717) is 22.9 Å². The molecule has 2 aromatic carbocycles. The molecule has 2 aliphatic heterocycles. The summed E-state index contributed by atoms with van der Waals surface area (Å²) in [6.07, 6.45) is -0.866. The predicted molar refractivity (Wildman–Crippen MR) is 87.4 cm³/mol. The zero-order valence-electron chi connectivity index (χ0n) is 12.9. The third-order valence-electron chi connectivity index (χ3n) is 4.61. The van der Waals surface area contributed by atoms with Crippen LogP contribution in [-0.2, 0) is 4.84 Å². The summed E-state index contributed by atoms with van der Waals surface area (Å²) in [6, 6.07) is 14.3. The lowest BCUT2D eigenvalue weighted by Gasteiger charge is -2.37. The first-order valence-corrected chi connectivity index (χ1v) is 7.96. The number of benzene rings is 2. The van der Waals surface area contributed by atoms with Crippen LogP contribution in [0.4, 0.5) is 0 Å². The van der Waals surface area contributed by atoms with Crippen LogP contribution in [0.1, 0.15) is 23.1 Å². The van der Waals surface area contributed by atoms with Gasteiger partial charge in [-0.2, -0.15) is 5.06 Å². The molecule has 24 heavy (non-hydrogen) atoms. The molecule has 0 N–H and O–H groups in total. The molecule has 124 valence electrons. The molecular weight excluding hydrogens is 332 g/mol. The van der Waals surface area contributed by atoms with Crippen molar-refractivity contribution in [3.63, 3.8) is 0 Å². The second kappa shape index (κ2) is 5.44. The maximum atomic E-state index is 12.1. The van der Waals surface area contributed by atoms with Crippen LogP contribution >= 0.6 is 11.6 Å². The topological polar surface area (TPSA) is 64.8 Å². The van der Waals surface area contributed by atoms with Crippen LogP contribution in [0.25, 0.3) is 0 Å².